The summed E-state index contributed by atoms with van der Waals surface area (Å²) in [5.74, 6) is 1.28. The number of carbonyl (C=O) groups excluding carboxylic acids is 1. The van der Waals surface area contributed by atoms with Gasteiger partial charge < -0.3 is 5.32 Å². The second kappa shape index (κ2) is 6.11. The Morgan fingerprint density at radius 3 is 2.71 bits per heavy atom. The van der Waals surface area contributed by atoms with Gasteiger partial charge in [-0.1, -0.05) is 42.5 Å². The number of hydrogen-bond donors (Lipinski definition) is 1. The Morgan fingerprint density at radius 1 is 1.17 bits per heavy atom. The normalized spacial score (nSPS) is 14.0. The molecule has 4 nitrogen and oxygen atoms in total. The maximum absolute atomic E-state index is 12.4. The number of nitrogens with one attached hydrogen (secondary N) is 1. The summed E-state index contributed by atoms with van der Waals surface area (Å²) in [6.07, 6.45) is 2.83. The molecular weight excluding hydrogens is 298 g/mol. The van der Waals surface area contributed by atoms with Crippen molar-refractivity contribution in [2.45, 2.75) is 38.6 Å². The van der Waals surface area contributed by atoms with Crippen molar-refractivity contribution in [3.05, 3.63) is 59.8 Å². The van der Waals surface area contributed by atoms with Crippen LogP contribution in [-0.4, -0.2) is 15.7 Å². The average molecular weight is 319 g/mol. The van der Waals surface area contributed by atoms with Gasteiger partial charge in [0.25, 0.3) is 0 Å². The van der Waals surface area contributed by atoms with Gasteiger partial charge in [0.1, 0.15) is 0 Å². The van der Waals surface area contributed by atoms with E-state index in [1.54, 1.807) is 0 Å². The maximum atomic E-state index is 12.4. The lowest BCUT2D eigenvalue weighted by Crippen LogP contribution is -2.15. The highest BCUT2D eigenvalue weighted by molar-refractivity contribution is 5.92. The quantitative estimate of drug-likeness (QED) is 0.769. The van der Waals surface area contributed by atoms with Gasteiger partial charge in [0.2, 0.25) is 5.91 Å². The molecule has 1 fully saturated rings. The lowest BCUT2D eigenvalue weighted by atomic mass is 10.0. The molecular formula is C20H21N3O. The molecule has 4 rings (SSSR count). The van der Waals surface area contributed by atoms with Crippen LogP contribution in [-0.2, 0) is 17.8 Å². The van der Waals surface area contributed by atoms with Crippen LogP contribution >= 0.6 is 0 Å². The Labute approximate surface area is 141 Å². The van der Waals surface area contributed by atoms with Crippen LogP contribution in [0.1, 0.15) is 36.9 Å². The molecule has 1 heterocycles. The van der Waals surface area contributed by atoms with Crippen LogP contribution in [0.3, 0.4) is 0 Å². The van der Waals surface area contributed by atoms with Crippen molar-refractivity contribution < 1.29 is 4.79 Å². The molecule has 1 aliphatic carbocycles. The van der Waals surface area contributed by atoms with Crippen molar-refractivity contribution in [3.8, 4) is 0 Å². The summed E-state index contributed by atoms with van der Waals surface area (Å²) in [4.78, 5) is 12.4. The highest BCUT2D eigenvalue weighted by atomic mass is 16.1. The Kier molecular flexibility index (Phi) is 3.81. The monoisotopic (exact) mass is 319 g/mol. The van der Waals surface area contributed by atoms with Crippen LogP contribution < -0.4 is 5.32 Å². The number of amides is 1. The SMILES string of the molecule is CCn1nc(NC(=O)Cc2ccc3ccccc3c2)cc1C1CC1. The molecule has 0 spiro atoms. The van der Waals surface area contributed by atoms with Crippen molar-refractivity contribution >= 4 is 22.5 Å². The number of aryl methyl sites for hydroxylation is 1. The van der Waals surface area contributed by atoms with Gasteiger partial charge in [-0.05, 0) is 36.1 Å². The number of nitrogens with zero attached hydrogens (tertiary/aromatic N) is 2. The number of aromatic nitrogens is 2. The van der Waals surface area contributed by atoms with Crippen molar-refractivity contribution in [1.82, 2.24) is 9.78 Å². The molecule has 2 aromatic carbocycles. The van der Waals surface area contributed by atoms with E-state index in [0.29, 0.717) is 18.2 Å². The lowest BCUT2D eigenvalue weighted by Gasteiger charge is -2.04. The van der Waals surface area contributed by atoms with Crippen molar-refractivity contribution in [2.24, 2.45) is 0 Å². The summed E-state index contributed by atoms with van der Waals surface area (Å²) in [5.41, 5.74) is 2.27. The Bertz CT molecular complexity index is 893. The zero-order chi connectivity index (χ0) is 16.5. The van der Waals surface area contributed by atoms with Gasteiger partial charge in [0, 0.05) is 24.2 Å². The average Bonchev–Trinajstić information content (AvgIpc) is 3.36. The van der Waals surface area contributed by atoms with Crippen LogP contribution in [0.5, 0.6) is 0 Å². The second-order valence-corrected chi connectivity index (χ2v) is 6.45. The lowest BCUT2D eigenvalue weighted by molar-refractivity contribution is -0.115. The number of benzene rings is 2. The standard InChI is InChI=1S/C20H21N3O/c1-2-23-18(16-9-10-16)13-19(22-23)21-20(24)12-14-7-8-15-5-3-4-6-17(15)11-14/h3-8,11,13,16H,2,9-10,12H2,1H3,(H,21,22,24). The summed E-state index contributed by atoms with van der Waals surface area (Å²) in [5, 5.41) is 9.80. The van der Waals surface area contributed by atoms with Gasteiger partial charge >= 0.3 is 0 Å². The van der Waals surface area contributed by atoms with Gasteiger partial charge in [0.05, 0.1) is 6.42 Å². The fraction of sp³-hybridized carbons (Fsp3) is 0.300. The first-order chi connectivity index (χ1) is 11.7. The zero-order valence-corrected chi connectivity index (χ0v) is 13.8. The van der Waals surface area contributed by atoms with E-state index in [2.05, 4.69) is 41.6 Å². The van der Waals surface area contributed by atoms with Gasteiger partial charge in [-0.15, -0.1) is 0 Å². The molecule has 1 aromatic heterocycles. The summed E-state index contributed by atoms with van der Waals surface area (Å²) in [6, 6.07) is 16.4. The molecule has 1 aliphatic rings. The van der Waals surface area contributed by atoms with E-state index in [-0.39, 0.29) is 5.91 Å². The van der Waals surface area contributed by atoms with Crippen molar-refractivity contribution in [2.75, 3.05) is 5.32 Å². The van der Waals surface area contributed by atoms with Crippen LogP contribution in [0, 0.1) is 0 Å². The van der Waals surface area contributed by atoms with Crippen LogP contribution in [0.25, 0.3) is 10.8 Å². The number of carbonyl (C=O) groups is 1. The van der Waals surface area contributed by atoms with Gasteiger partial charge in [-0.25, -0.2) is 0 Å². The van der Waals surface area contributed by atoms with Gasteiger partial charge in [-0.3, -0.25) is 9.48 Å². The predicted octanol–water partition coefficient (Wildman–Crippen LogP) is 4.11. The van der Waals surface area contributed by atoms with Crippen LogP contribution in [0.2, 0.25) is 0 Å². The maximum Gasteiger partial charge on any atom is 0.229 e. The molecule has 0 unspecified atom stereocenters. The van der Waals surface area contributed by atoms with Crippen molar-refractivity contribution in [3.63, 3.8) is 0 Å². The van der Waals surface area contributed by atoms with E-state index in [1.807, 2.05) is 28.9 Å². The Balaban J connectivity index is 1.47. The number of hydrogen-bond acceptors (Lipinski definition) is 2. The minimum atomic E-state index is -0.0200. The number of rotatable bonds is 5. The first kappa shape index (κ1) is 14.9. The minimum absolute atomic E-state index is 0.0200. The Hall–Kier alpha value is -2.62. The fourth-order valence-electron chi connectivity index (χ4n) is 3.17. The summed E-state index contributed by atoms with van der Waals surface area (Å²) in [6.45, 7) is 2.92. The van der Waals surface area contributed by atoms with E-state index >= 15 is 0 Å². The molecule has 0 aliphatic heterocycles. The van der Waals surface area contributed by atoms with Crippen molar-refractivity contribution in [1.29, 1.82) is 0 Å². The minimum Gasteiger partial charge on any atom is -0.309 e. The summed E-state index contributed by atoms with van der Waals surface area (Å²) < 4.78 is 2.00. The number of fused-ring (bicyclic) bond motifs is 1. The first-order valence-electron chi connectivity index (χ1n) is 8.58. The molecule has 0 saturated heterocycles. The predicted molar refractivity (Wildman–Crippen MR) is 96.2 cm³/mol. The molecule has 0 atom stereocenters. The molecule has 3 aromatic rings. The second-order valence-electron chi connectivity index (χ2n) is 6.45. The number of anilines is 1. The third-order valence-corrected chi connectivity index (χ3v) is 4.55. The van der Waals surface area contributed by atoms with Crippen LogP contribution in [0.4, 0.5) is 5.82 Å². The molecule has 0 radical (unpaired) electrons. The molecule has 24 heavy (non-hydrogen) atoms. The topological polar surface area (TPSA) is 46.9 Å². The largest absolute Gasteiger partial charge is 0.309 e. The molecule has 4 heteroatoms. The summed E-state index contributed by atoms with van der Waals surface area (Å²) >= 11 is 0. The molecule has 122 valence electrons. The summed E-state index contributed by atoms with van der Waals surface area (Å²) in [7, 11) is 0. The highest BCUT2D eigenvalue weighted by Crippen LogP contribution is 2.40. The first-order valence-corrected chi connectivity index (χ1v) is 8.58. The molecule has 1 N–H and O–H groups in total. The fourth-order valence-corrected chi connectivity index (χ4v) is 3.17. The van der Waals surface area contributed by atoms with Gasteiger partial charge in [0.15, 0.2) is 5.82 Å². The van der Waals surface area contributed by atoms with E-state index in [0.717, 1.165) is 17.5 Å². The van der Waals surface area contributed by atoms with E-state index in [9.17, 15) is 4.79 Å². The highest BCUT2D eigenvalue weighted by Gasteiger charge is 2.28. The molecule has 1 saturated carbocycles. The van der Waals surface area contributed by atoms with Gasteiger partial charge in [-0.2, -0.15) is 5.10 Å². The molecule has 0 bridgehead atoms. The smallest absolute Gasteiger partial charge is 0.229 e. The van der Waals surface area contributed by atoms with Crippen LogP contribution in [0.15, 0.2) is 48.5 Å². The van der Waals surface area contributed by atoms with E-state index in [1.165, 1.54) is 23.9 Å². The molecule has 1 amide bonds. The van der Waals surface area contributed by atoms with E-state index in [4.69, 9.17) is 0 Å². The van der Waals surface area contributed by atoms with E-state index < -0.39 is 0 Å². The third kappa shape index (κ3) is 3.04. The third-order valence-electron chi connectivity index (χ3n) is 4.55. The zero-order valence-electron chi connectivity index (χ0n) is 13.8. The Morgan fingerprint density at radius 2 is 1.96 bits per heavy atom.